The van der Waals surface area contributed by atoms with E-state index in [9.17, 15) is 14.4 Å². The Labute approximate surface area is 194 Å². The molecule has 0 aromatic heterocycles. The van der Waals surface area contributed by atoms with E-state index in [0.717, 1.165) is 77.0 Å². The normalized spacial score (nSPS) is 19.7. The smallest absolute Gasteiger partial charge is 0.306 e. The monoisotopic (exact) mass is 461 g/mol. The predicted octanol–water partition coefficient (Wildman–Crippen LogP) is 4.68. The Bertz CT molecular complexity index is 400. The van der Waals surface area contributed by atoms with E-state index in [1.165, 1.54) is 19.3 Å². The Kier molecular flexibility index (Phi) is 20.4. The molecule has 30 heavy (non-hydrogen) atoms. The molecule has 8 heteroatoms. The van der Waals surface area contributed by atoms with E-state index >= 15 is 0 Å². The van der Waals surface area contributed by atoms with Crippen molar-refractivity contribution in [3.8, 4) is 0 Å². The van der Waals surface area contributed by atoms with Gasteiger partial charge in [-0.1, -0.05) is 57.8 Å². The molecule has 0 atom stereocenters. The van der Waals surface area contributed by atoms with Gasteiger partial charge >= 0.3 is 17.9 Å². The number of carbonyl (C=O) groups excluding carboxylic acids is 1. The van der Waals surface area contributed by atoms with Crippen molar-refractivity contribution in [3.05, 3.63) is 0 Å². The Hall–Kier alpha value is -1.21. The first-order chi connectivity index (χ1) is 13.9. The second-order valence-electron chi connectivity index (χ2n) is 8.02. The number of carboxylic acid groups (broad SMARTS) is 3. The molecule has 0 saturated heterocycles. The van der Waals surface area contributed by atoms with Crippen molar-refractivity contribution in [2.75, 3.05) is 0 Å². The predicted molar refractivity (Wildman–Crippen MR) is 109 cm³/mol. The molecule has 3 aliphatic carbocycles. The Morgan fingerprint density at radius 2 is 0.633 bits per heavy atom. The van der Waals surface area contributed by atoms with Crippen LogP contribution < -0.4 is 0 Å². The minimum absolute atomic E-state index is 0. The Morgan fingerprint density at radius 3 is 0.733 bits per heavy atom. The summed E-state index contributed by atoms with van der Waals surface area (Å²) in [5.74, 6) is -1.89. The van der Waals surface area contributed by atoms with Gasteiger partial charge in [0, 0.05) is 21.7 Å². The molecule has 3 aliphatic rings. The summed E-state index contributed by atoms with van der Waals surface area (Å²) < 4.78 is 0. The van der Waals surface area contributed by atoms with Crippen LogP contribution in [0.2, 0.25) is 0 Å². The molecule has 0 aromatic carbocycles. The third-order valence-corrected chi connectivity index (χ3v) is 5.86. The van der Waals surface area contributed by atoms with Gasteiger partial charge in [-0.3, -0.25) is 21.2 Å². The summed E-state index contributed by atoms with van der Waals surface area (Å²) in [6.07, 6.45) is 15.7. The zero-order chi connectivity index (χ0) is 22.1. The van der Waals surface area contributed by atoms with Crippen molar-refractivity contribution >= 4 is 24.7 Å². The number of rotatable bonds is 3. The first-order valence-electron chi connectivity index (χ1n) is 10.8. The topological polar surface area (TPSA) is 129 Å². The molecular weight excluding hydrogens is 424 g/mol. The van der Waals surface area contributed by atoms with E-state index in [2.05, 4.69) is 6.79 Å². The maximum absolute atomic E-state index is 10.4. The van der Waals surface area contributed by atoms with Gasteiger partial charge in [-0.2, -0.15) is 0 Å². The van der Waals surface area contributed by atoms with E-state index in [0.29, 0.717) is 0 Å². The number of aliphatic carboxylic acids is 3. The first-order valence-corrected chi connectivity index (χ1v) is 10.8. The Balaban J connectivity index is 0. The van der Waals surface area contributed by atoms with Gasteiger partial charge in [-0.05, 0) is 38.5 Å². The number of hydrogen-bond acceptors (Lipinski definition) is 4. The molecule has 172 valence electrons. The molecule has 0 spiro atoms. The zero-order valence-corrected chi connectivity index (χ0v) is 19.5. The largest absolute Gasteiger partial charge is 0.545 e. The van der Waals surface area contributed by atoms with Gasteiger partial charge in [0.05, 0.1) is 17.8 Å². The molecule has 0 bridgehead atoms. The number of carbonyl (C=O) groups is 3. The molecule has 0 amide bonds. The molecule has 0 aromatic rings. The summed E-state index contributed by atoms with van der Waals surface area (Å²) in [5, 5.41) is 25.6. The van der Waals surface area contributed by atoms with E-state index in [1.807, 2.05) is 0 Å². The first kappa shape index (κ1) is 31.0. The van der Waals surface area contributed by atoms with Crippen LogP contribution in [-0.4, -0.2) is 40.0 Å². The van der Waals surface area contributed by atoms with Crippen LogP contribution in [0.4, 0.5) is 0 Å². The molecule has 0 heterocycles. The second kappa shape index (κ2) is 19.7. The molecule has 3 N–H and O–H groups in total. The molecule has 7 nitrogen and oxygen atoms in total. The molecule has 3 fully saturated rings. The van der Waals surface area contributed by atoms with Crippen LogP contribution in [0.15, 0.2) is 0 Å². The maximum atomic E-state index is 10.4. The average molecular weight is 461 g/mol. The van der Waals surface area contributed by atoms with Crippen LogP contribution in [0.25, 0.3) is 0 Å². The average Bonchev–Trinajstić information content (AvgIpc) is 2.78. The summed E-state index contributed by atoms with van der Waals surface area (Å²) in [4.78, 5) is 38.8. The second-order valence-corrected chi connectivity index (χ2v) is 8.02. The SMILES string of the molecule is O=C(O)C1CCCCC1.O=C(O)C1CCCCC1.O=C(O)C1CCCCC1.[CH-]=O.[Ti]. The number of hydrogen-bond donors (Lipinski definition) is 3. The Morgan fingerprint density at radius 1 is 0.467 bits per heavy atom. The summed E-state index contributed by atoms with van der Waals surface area (Å²) in [5.41, 5.74) is 0. The summed E-state index contributed by atoms with van der Waals surface area (Å²) >= 11 is 0. The summed E-state index contributed by atoms with van der Waals surface area (Å²) in [6, 6.07) is 0. The standard InChI is InChI=1S/3C7H12O2.CHO.Ti/c3*8-7(9)6-4-2-1-3-5-6;1-2;/h3*6H,1-5H2,(H,8,9);1H;/q;;;-1;. The van der Waals surface area contributed by atoms with E-state index < -0.39 is 17.9 Å². The van der Waals surface area contributed by atoms with Crippen molar-refractivity contribution in [1.82, 2.24) is 0 Å². The summed E-state index contributed by atoms with van der Waals surface area (Å²) in [6.45, 7) is 3.25. The van der Waals surface area contributed by atoms with E-state index in [-0.39, 0.29) is 39.5 Å². The molecule has 0 radical (unpaired) electrons. The van der Waals surface area contributed by atoms with Crippen LogP contribution >= 0.6 is 0 Å². The molecule has 0 unspecified atom stereocenters. The molecule has 0 aliphatic heterocycles. The molecule has 3 rings (SSSR count). The van der Waals surface area contributed by atoms with Crippen LogP contribution in [-0.2, 0) is 40.9 Å². The van der Waals surface area contributed by atoms with Crippen molar-refractivity contribution in [2.24, 2.45) is 17.8 Å². The van der Waals surface area contributed by atoms with Gasteiger partial charge < -0.3 is 20.1 Å². The minimum atomic E-state index is -0.602. The molecule has 3 saturated carbocycles. The van der Waals surface area contributed by atoms with E-state index in [1.54, 1.807) is 0 Å². The van der Waals surface area contributed by atoms with Crippen LogP contribution in [0.1, 0.15) is 96.3 Å². The van der Waals surface area contributed by atoms with Gasteiger partial charge in [0.1, 0.15) is 0 Å². The van der Waals surface area contributed by atoms with Crippen molar-refractivity contribution < 1.29 is 56.2 Å². The third kappa shape index (κ3) is 14.7. The maximum Gasteiger partial charge on any atom is 0.306 e. The van der Waals surface area contributed by atoms with Crippen molar-refractivity contribution in [2.45, 2.75) is 96.3 Å². The fraction of sp³-hybridized carbons (Fsp3) is 0.818. The van der Waals surface area contributed by atoms with Gasteiger partial charge in [0.25, 0.3) is 0 Å². The fourth-order valence-corrected chi connectivity index (χ4v) is 4.05. The van der Waals surface area contributed by atoms with Crippen LogP contribution in [0.5, 0.6) is 0 Å². The van der Waals surface area contributed by atoms with Gasteiger partial charge in [-0.15, -0.1) is 0 Å². The van der Waals surface area contributed by atoms with E-state index in [4.69, 9.17) is 20.1 Å². The minimum Gasteiger partial charge on any atom is -0.545 e. The van der Waals surface area contributed by atoms with Gasteiger partial charge in [-0.25, -0.2) is 0 Å². The van der Waals surface area contributed by atoms with Gasteiger partial charge in [0.2, 0.25) is 0 Å². The number of carboxylic acids is 3. The fourth-order valence-electron chi connectivity index (χ4n) is 4.05. The van der Waals surface area contributed by atoms with Crippen LogP contribution in [0, 0.1) is 17.8 Å². The van der Waals surface area contributed by atoms with Crippen LogP contribution in [0.3, 0.4) is 0 Å². The van der Waals surface area contributed by atoms with Crippen molar-refractivity contribution in [1.29, 1.82) is 0 Å². The summed E-state index contributed by atoms with van der Waals surface area (Å²) in [7, 11) is 0. The molecular formula is C22H37O7Ti-. The van der Waals surface area contributed by atoms with Crippen molar-refractivity contribution in [3.63, 3.8) is 0 Å². The van der Waals surface area contributed by atoms with Gasteiger partial charge in [0.15, 0.2) is 0 Å². The quantitative estimate of drug-likeness (QED) is 0.316. The third-order valence-electron chi connectivity index (χ3n) is 5.86. The zero-order valence-electron chi connectivity index (χ0n) is 17.9.